The lowest BCUT2D eigenvalue weighted by molar-refractivity contribution is -0.119. The summed E-state index contributed by atoms with van der Waals surface area (Å²) in [6.07, 6.45) is 12.7. The van der Waals surface area contributed by atoms with Crippen LogP contribution in [-0.4, -0.2) is 30.7 Å². The van der Waals surface area contributed by atoms with Gasteiger partial charge in [0.2, 0.25) is 0 Å². The van der Waals surface area contributed by atoms with Gasteiger partial charge in [-0.05, 0) is 32.1 Å². The van der Waals surface area contributed by atoms with Crippen molar-refractivity contribution >= 4 is 11.7 Å². The molecule has 3 N–H and O–H groups in total. The highest BCUT2D eigenvalue weighted by molar-refractivity contribution is 5.77. The van der Waals surface area contributed by atoms with Crippen LogP contribution in [0.5, 0.6) is 0 Å². The zero-order valence-corrected chi connectivity index (χ0v) is 14.5. The fraction of sp³-hybridized carbons (Fsp3) is 0.647. The number of aromatic amines is 1. The molecule has 0 aromatic carbocycles. The Morgan fingerprint density at radius 3 is 2.79 bits per heavy atom. The molecule has 0 radical (unpaired) electrons. The van der Waals surface area contributed by atoms with E-state index in [0.29, 0.717) is 18.9 Å². The molecule has 0 atom stereocenters. The van der Waals surface area contributed by atoms with Gasteiger partial charge in [0.1, 0.15) is 6.54 Å². The Morgan fingerprint density at radius 2 is 2.04 bits per heavy atom. The molecule has 0 fully saturated rings. The molecule has 0 saturated heterocycles. The maximum Gasteiger partial charge on any atom is 0.197 e. The number of carbonyl (C=O) groups excluding carboxylic acids is 1. The third-order valence-corrected chi connectivity index (χ3v) is 4.01. The molecular weight excluding hydrogens is 304 g/mol. The summed E-state index contributed by atoms with van der Waals surface area (Å²) in [5.41, 5.74) is 7.59. The first kappa shape index (κ1) is 18.2. The molecule has 0 aliphatic carbocycles. The van der Waals surface area contributed by atoms with E-state index in [1.165, 1.54) is 0 Å². The van der Waals surface area contributed by atoms with Gasteiger partial charge in [0.15, 0.2) is 11.7 Å². The van der Waals surface area contributed by atoms with Crippen molar-refractivity contribution in [3.63, 3.8) is 0 Å². The predicted octanol–water partition coefficient (Wildman–Crippen LogP) is 2.69. The molecule has 0 amide bonds. The van der Waals surface area contributed by atoms with Crippen LogP contribution in [0.15, 0.2) is 12.4 Å². The van der Waals surface area contributed by atoms with Crippen LogP contribution >= 0.6 is 0 Å². The van der Waals surface area contributed by atoms with Gasteiger partial charge in [-0.1, -0.05) is 31.4 Å². The molecule has 2 heterocycles. The van der Waals surface area contributed by atoms with Crippen LogP contribution in [0.1, 0.15) is 63.3 Å². The number of nitrogens with two attached hydrogens (primary N) is 1. The molecular formula is C17H28N6O. The lowest BCUT2D eigenvalue weighted by atomic mass is 10.1. The highest BCUT2D eigenvalue weighted by Gasteiger charge is 2.06. The third-order valence-electron chi connectivity index (χ3n) is 4.01. The van der Waals surface area contributed by atoms with Crippen LogP contribution in [0.25, 0.3) is 0 Å². The smallest absolute Gasteiger partial charge is 0.197 e. The minimum atomic E-state index is 0.235. The molecule has 7 nitrogen and oxygen atoms in total. The van der Waals surface area contributed by atoms with Crippen molar-refractivity contribution in [1.29, 1.82) is 0 Å². The number of Topliss-reactive ketones (excluding diaryl/α,β-unsaturated/α-hetero) is 1. The molecule has 0 aliphatic rings. The first-order valence-electron chi connectivity index (χ1n) is 8.87. The first-order chi connectivity index (χ1) is 11.7. The lowest BCUT2D eigenvalue weighted by Crippen LogP contribution is -2.10. The molecule has 0 bridgehead atoms. The van der Waals surface area contributed by atoms with E-state index >= 15 is 0 Å². The number of rotatable bonds is 12. The van der Waals surface area contributed by atoms with Crippen molar-refractivity contribution in [3.8, 4) is 0 Å². The topological polar surface area (TPSA) is 102 Å². The van der Waals surface area contributed by atoms with Gasteiger partial charge in [-0.15, -0.1) is 5.10 Å². The summed E-state index contributed by atoms with van der Waals surface area (Å²) in [5, 5.41) is 8.21. The Balaban J connectivity index is 1.60. The van der Waals surface area contributed by atoms with Crippen LogP contribution in [0, 0.1) is 0 Å². The second-order valence-corrected chi connectivity index (χ2v) is 6.26. The van der Waals surface area contributed by atoms with Gasteiger partial charge < -0.3 is 10.7 Å². The molecule has 0 aliphatic heterocycles. The molecule has 2 rings (SSSR count). The van der Waals surface area contributed by atoms with Crippen LogP contribution in [0.3, 0.4) is 0 Å². The summed E-state index contributed by atoms with van der Waals surface area (Å²) < 4.78 is 1.66. The van der Waals surface area contributed by atoms with Gasteiger partial charge in [0, 0.05) is 18.3 Å². The van der Waals surface area contributed by atoms with E-state index in [4.69, 9.17) is 5.73 Å². The molecule has 0 spiro atoms. The van der Waals surface area contributed by atoms with Crippen molar-refractivity contribution < 1.29 is 4.79 Å². The maximum absolute atomic E-state index is 11.8. The van der Waals surface area contributed by atoms with Crippen LogP contribution in [0.2, 0.25) is 0 Å². The van der Waals surface area contributed by atoms with E-state index in [2.05, 4.69) is 27.2 Å². The van der Waals surface area contributed by atoms with Gasteiger partial charge in [-0.25, -0.2) is 9.67 Å². The minimum absolute atomic E-state index is 0.235. The van der Waals surface area contributed by atoms with Gasteiger partial charge in [-0.2, -0.15) is 0 Å². The molecule has 2 aromatic rings. The third kappa shape index (κ3) is 6.52. The summed E-state index contributed by atoms with van der Waals surface area (Å²) in [6.45, 7) is 2.48. The van der Waals surface area contributed by atoms with Gasteiger partial charge in [0.25, 0.3) is 0 Å². The molecule has 7 heteroatoms. The Hall–Kier alpha value is -2.18. The summed E-state index contributed by atoms with van der Waals surface area (Å²) in [7, 11) is 0. The number of nitrogens with zero attached hydrogens (tertiary/aromatic N) is 4. The SMILES string of the molecule is CCCCCC(=O)Cn1cc(CCCCCc2cnc(N)[nH]2)nn1. The van der Waals surface area contributed by atoms with E-state index in [1.54, 1.807) is 10.9 Å². The number of nitrogen functional groups attached to an aromatic ring is 1. The molecule has 0 saturated carbocycles. The minimum Gasteiger partial charge on any atom is -0.369 e. The Kier molecular flexibility index (Phi) is 7.45. The van der Waals surface area contributed by atoms with Crippen molar-refractivity contribution in [2.24, 2.45) is 0 Å². The van der Waals surface area contributed by atoms with E-state index in [-0.39, 0.29) is 5.78 Å². The van der Waals surface area contributed by atoms with Crippen molar-refractivity contribution in [1.82, 2.24) is 25.0 Å². The fourth-order valence-corrected chi connectivity index (χ4v) is 2.66. The van der Waals surface area contributed by atoms with E-state index in [9.17, 15) is 4.79 Å². The zero-order chi connectivity index (χ0) is 17.2. The number of aromatic nitrogens is 5. The molecule has 132 valence electrons. The monoisotopic (exact) mass is 332 g/mol. The number of hydrogen-bond donors (Lipinski definition) is 2. The van der Waals surface area contributed by atoms with Crippen molar-refractivity contribution in [2.45, 2.75) is 71.3 Å². The second-order valence-electron chi connectivity index (χ2n) is 6.26. The van der Waals surface area contributed by atoms with Crippen LogP contribution < -0.4 is 5.73 Å². The number of carbonyl (C=O) groups is 1. The number of aryl methyl sites for hydroxylation is 2. The number of imidazole rings is 1. The average molecular weight is 332 g/mol. The quantitative estimate of drug-likeness (QED) is 0.582. The standard InChI is InChI=1S/C17H28N6O/c1-2-3-5-10-16(24)13-23-12-15(21-22-23)9-7-4-6-8-14-11-19-17(18)20-14/h11-12H,2-10,13H2,1H3,(H3,18,19,20). The fourth-order valence-electron chi connectivity index (χ4n) is 2.66. The maximum atomic E-state index is 11.8. The highest BCUT2D eigenvalue weighted by Crippen LogP contribution is 2.08. The second kappa shape index (κ2) is 9.85. The summed E-state index contributed by atoms with van der Waals surface area (Å²) >= 11 is 0. The van der Waals surface area contributed by atoms with Gasteiger partial charge in [0.05, 0.1) is 11.9 Å². The summed E-state index contributed by atoms with van der Waals surface area (Å²) in [5.74, 6) is 0.713. The molecule has 24 heavy (non-hydrogen) atoms. The van der Waals surface area contributed by atoms with E-state index in [1.807, 2.05) is 6.20 Å². The lowest BCUT2D eigenvalue weighted by Gasteiger charge is -2.00. The van der Waals surface area contributed by atoms with Crippen LogP contribution in [0.4, 0.5) is 5.95 Å². The Labute approximate surface area is 143 Å². The predicted molar refractivity (Wildman–Crippen MR) is 93.4 cm³/mol. The van der Waals surface area contributed by atoms with Crippen LogP contribution in [-0.2, 0) is 24.2 Å². The largest absolute Gasteiger partial charge is 0.369 e. The Bertz CT molecular complexity index is 618. The van der Waals surface area contributed by atoms with Gasteiger partial charge >= 0.3 is 0 Å². The van der Waals surface area contributed by atoms with E-state index in [0.717, 1.165) is 62.8 Å². The highest BCUT2D eigenvalue weighted by atomic mass is 16.1. The van der Waals surface area contributed by atoms with E-state index < -0.39 is 0 Å². The molecule has 0 unspecified atom stereocenters. The average Bonchev–Trinajstić information content (AvgIpc) is 3.16. The Morgan fingerprint density at radius 1 is 1.21 bits per heavy atom. The number of hydrogen-bond acceptors (Lipinski definition) is 5. The first-order valence-corrected chi connectivity index (χ1v) is 8.87. The molecule has 2 aromatic heterocycles. The number of unbranched alkanes of at least 4 members (excludes halogenated alkanes) is 4. The number of anilines is 1. The normalized spacial score (nSPS) is 11.0. The zero-order valence-electron chi connectivity index (χ0n) is 14.5. The number of nitrogens with one attached hydrogen (secondary N) is 1. The van der Waals surface area contributed by atoms with Crippen molar-refractivity contribution in [2.75, 3.05) is 5.73 Å². The van der Waals surface area contributed by atoms with Gasteiger partial charge in [-0.3, -0.25) is 4.79 Å². The number of H-pyrrole nitrogens is 1. The van der Waals surface area contributed by atoms with Crippen molar-refractivity contribution in [3.05, 3.63) is 23.8 Å². The number of ketones is 1. The summed E-state index contributed by atoms with van der Waals surface area (Å²) in [6, 6.07) is 0. The summed E-state index contributed by atoms with van der Waals surface area (Å²) in [4.78, 5) is 18.8.